The number of amides is 1. The number of halogens is 1. The van der Waals surface area contributed by atoms with Crippen LogP contribution in [-0.2, 0) is 0 Å². The molecule has 5 N–H and O–H groups in total. The van der Waals surface area contributed by atoms with E-state index in [4.69, 9.17) is 16.8 Å². The summed E-state index contributed by atoms with van der Waals surface area (Å²) in [7, 11) is -3.33. The van der Waals surface area contributed by atoms with E-state index in [0.29, 0.717) is 21.6 Å². The second kappa shape index (κ2) is 6.87. The summed E-state index contributed by atoms with van der Waals surface area (Å²) in [5, 5.41) is 9.69. The number of rotatable bonds is 4. The molecule has 0 aliphatic carbocycles. The smallest absolute Gasteiger partial charge is 0.274 e. The van der Waals surface area contributed by atoms with Crippen molar-refractivity contribution in [3.8, 4) is 0 Å². The molecule has 0 saturated carbocycles. The van der Waals surface area contributed by atoms with Crippen molar-refractivity contribution in [2.45, 2.75) is 4.90 Å². The van der Waals surface area contributed by atoms with Gasteiger partial charge in [0.2, 0.25) is 0 Å². The first-order valence-corrected chi connectivity index (χ1v) is 8.97. The number of carbonyl (C=O) groups is 1. The van der Waals surface area contributed by atoms with Gasteiger partial charge >= 0.3 is 0 Å². The van der Waals surface area contributed by atoms with Gasteiger partial charge in [0, 0.05) is 16.0 Å². The fourth-order valence-electron chi connectivity index (χ4n) is 2.26. The van der Waals surface area contributed by atoms with E-state index in [0.717, 1.165) is 0 Å². The highest BCUT2D eigenvalue weighted by Crippen LogP contribution is 2.48. The van der Waals surface area contributed by atoms with Crippen molar-refractivity contribution in [3.05, 3.63) is 65.3 Å². The molecule has 2 aromatic carbocycles. The van der Waals surface area contributed by atoms with E-state index in [-0.39, 0.29) is 10.5 Å². The molecule has 1 aromatic heterocycles. The number of hydrogen-bond acceptors (Lipinski definition) is 6. The van der Waals surface area contributed by atoms with E-state index in [1.165, 1.54) is 24.4 Å². The minimum absolute atomic E-state index is 0.244. The van der Waals surface area contributed by atoms with E-state index >= 15 is 0 Å². The predicted molar refractivity (Wildman–Crippen MR) is 97.2 cm³/mol. The minimum Gasteiger partial charge on any atom is -0.288 e. The molecular weight excluding hydrogens is 366 g/mol. The Balaban J connectivity index is 1.94. The second-order valence-electron chi connectivity index (χ2n) is 5.18. The summed E-state index contributed by atoms with van der Waals surface area (Å²) in [6.45, 7) is 0. The van der Waals surface area contributed by atoms with Crippen LogP contribution in [-0.4, -0.2) is 25.2 Å². The van der Waals surface area contributed by atoms with Crippen molar-refractivity contribution in [2.24, 2.45) is 0 Å². The van der Waals surface area contributed by atoms with Gasteiger partial charge in [-0.05, 0) is 42.5 Å². The molecule has 0 radical (unpaired) electrons. The maximum atomic E-state index is 11.5. The van der Waals surface area contributed by atoms with Crippen LogP contribution in [0.5, 0.6) is 0 Å². The number of nitrogens with one attached hydrogen (secondary N) is 2. The number of anilines is 1. The van der Waals surface area contributed by atoms with Crippen LogP contribution in [0.2, 0.25) is 5.02 Å². The number of hydrogen-bond donors (Lipinski definition) is 5. The van der Waals surface area contributed by atoms with E-state index in [9.17, 15) is 13.9 Å². The molecule has 0 atom stereocenters. The SMILES string of the molecule is O=C(NO)c1ccc2ncc(NS(O)(O)c3cccc(Cl)c3)cc2c1. The first-order chi connectivity index (χ1) is 11.9. The maximum Gasteiger partial charge on any atom is 0.274 e. The molecule has 3 aromatic rings. The van der Waals surface area contributed by atoms with E-state index in [1.54, 1.807) is 35.8 Å². The molecule has 130 valence electrons. The fraction of sp³-hybridized carbons (Fsp3) is 0. The Labute approximate surface area is 149 Å². The van der Waals surface area contributed by atoms with Crippen molar-refractivity contribution in [2.75, 3.05) is 4.72 Å². The zero-order chi connectivity index (χ0) is 18.0. The summed E-state index contributed by atoms with van der Waals surface area (Å²) in [4.78, 5) is 16.0. The van der Waals surface area contributed by atoms with Gasteiger partial charge in [-0.2, -0.15) is 0 Å². The van der Waals surface area contributed by atoms with Gasteiger partial charge in [-0.25, -0.2) is 5.48 Å². The fourth-order valence-corrected chi connectivity index (χ4v) is 3.63. The summed E-state index contributed by atoms with van der Waals surface area (Å²) in [6.07, 6.45) is 1.45. The number of carbonyl (C=O) groups excluding carboxylic acids is 1. The van der Waals surface area contributed by atoms with Gasteiger partial charge in [0.1, 0.15) is 0 Å². The molecular formula is C16H14ClN3O4S. The lowest BCUT2D eigenvalue weighted by Crippen LogP contribution is -2.18. The molecule has 1 heterocycles. The monoisotopic (exact) mass is 379 g/mol. The number of nitrogens with zero attached hydrogens (tertiary/aromatic N) is 1. The number of hydroxylamine groups is 1. The zero-order valence-electron chi connectivity index (χ0n) is 12.7. The number of pyridine rings is 1. The van der Waals surface area contributed by atoms with Gasteiger partial charge in [-0.3, -0.25) is 28.8 Å². The van der Waals surface area contributed by atoms with Crippen LogP contribution in [0.1, 0.15) is 10.4 Å². The van der Waals surface area contributed by atoms with E-state index in [1.807, 2.05) is 0 Å². The molecule has 1 amide bonds. The average Bonchev–Trinajstić information content (AvgIpc) is 2.60. The summed E-state index contributed by atoms with van der Waals surface area (Å²) in [5.74, 6) is -0.650. The van der Waals surface area contributed by atoms with Crippen molar-refractivity contribution < 1.29 is 19.1 Å². The summed E-state index contributed by atoms with van der Waals surface area (Å²) >= 11 is 5.89. The topological polar surface area (TPSA) is 115 Å². The first-order valence-electron chi connectivity index (χ1n) is 7.05. The van der Waals surface area contributed by atoms with Crippen LogP contribution in [0.25, 0.3) is 10.9 Å². The van der Waals surface area contributed by atoms with Crippen molar-refractivity contribution >= 4 is 44.9 Å². The molecule has 0 saturated heterocycles. The molecule has 0 spiro atoms. The Morgan fingerprint density at radius 1 is 1.12 bits per heavy atom. The Morgan fingerprint density at radius 2 is 1.92 bits per heavy atom. The first kappa shape index (κ1) is 17.5. The van der Waals surface area contributed by atoms with Crippen LogP contribution in [0.4, 0.5) is 5.69 Å². The summed E-state index contributed by atoms with van der Waals surface area (Å²) in [6, 6.07) is 12.6. The van der Waals surface area contributed by atoms with Crippen LogP contribution < -0.4 is 10.2 Å². The number of aromatic nitrogens is 1. The van der Waals surface area contributed by atoms with Crippen molar-refractivity contribution in [1.29, 1.82) is 0 Å². The molecule has 9 heteroatoms. The van der Waals surface area contributed by atoms with Crippen LogP contribution in [0.3, 0.4) is 0 Å². The van der Waals surface area contributed by atoms with Crippen LogP contribution in [0.15, 0.2) is 59.6 Å². The zero-order valence-corrected chi connectivity index (χ0v) is 14.3. The highest BCUT2D eigenvalue weighted by molar-refractivity contribution is 8.25. The molecule has 0 aliphatic rings. The van der Waals surface area contributed by atoms with E-state index < -0.39 is 16.7 Å². The molecule has 7 nitrogen and oxygen atoms in total. The second-order valence-corrected chi connectivity index (χ2v) is 7.39. The quantitative estimate of drug-likeness (QED) is 0.343. The Bertz CT molecular complexity index is 952. The Kier molecular flexibility index (Phi) is 4.80. The maximum absolute atomic E-state index is 11.5. The Hall–Kier alpha value is -2.36. The van der Waals surface area contributed by atoms with Crippen LogP contribution in [0, 0.1) is 0 Å². The molecule has 0 aliphatic heterocycles. The summed E-state index contributed by atoms with van der Waals surface area (Å²) < 4.78 is 23.4. The molecule has 25 heavy (non-hydrogen) atoms. The van der Waals surface area contributed by atoms with Crippen molar-refractivity contribution in [3.63, 3.8) is 0 Å². The highest BCUT2D eigenvalue weighted by Gasteiger charge is 2.16. The largest absolute Gasteiger partial charge is 0.288 e. The standard InChI is InChI=1S/C16H14ClN3O4S/c17-12-2-1-3-14(8-12)25(23,24)20-13-7-11-6-10(16(21)19-22)4-5-15(11)18-9-13/h1-9,20,22-24H,(H,19,21). The number of benzene rings is 2. The third-order valence-electron chi connectivity index (χ3n) is 3.43. The van der Waals surface area contributed by atoms with Gasteiger partial charge in [0.05, 0.1) is 22.3 Å². The lowest BCUT2D eigenvalue weighted by molar-refractivity contribution is 0.0706. The highest BCUT2D eigenvalue weighted by atomic mass is 35.5. The third kappa shape index (κ3) is 3.84. The predicted octanol–water partition coefficient (Wildman–Crippen LogP) is 4.14. The van der Waals surface area contributed by atoms with Gasteiger partial charge < -0.3 is 0 Å². The van der Waals surface area contributed by atoms with Crippen LogP contribution >= 0.6 is 22.4 Å². The van der Waals surface area contributed by atoms with E-state index in [2.05, 4.69) is 9.71 Å². The molecule has 0 unspecified atom stereocenters. The minimum atomic E-state index is -3.33. The molecule has 0 fully saturated rings. The van der Waals surface area contributed by atoms with Gasteiger partial charge in [0.25, 0.3) is 5.91 Å². The lowest BCUT2D eigenvalue weighted by atomic mass is 10.1. The lowest BCUT2D eigenvalue weighted by Gasteiger charge is -2.33. The summed E-state index contributed by atoms with van der Waals surface area (Å²) in [5.41, 5.74) is 2.77. The molecule has 3 rings (SSSR count). The normalized spacial score (nSPS) is 12.0. The average molecular weight is 380 g/mol. The number of fused-ring (bicyclic) bond motifs is 1. The third-order valence-corrected chi connectivity index (χ3v) is 5.10. The van der Waals surface area contributed by atoms with Gasteiger partial charge in [-0.1, -0.05) is 28.4 Å². The molecule has 0 bridgehead atoms. The van der Waals surface area contributed by atoms with Gasteiger partial charge in [-0.15, -0.1) is 0 Å². The Morgan fingerprint density at radius 3 is 2.64 bits per heavy atom. The van der Waals surface area contributed by atoms with Crippen molar-refractivity contribution in [1.82, 2.24) is 10.5 Å². The van der Waals surface area contributed by atoms with Gasteiger partial charge in [0.15, 0.2) is 0 Å².